The van der Waals surface area contributed by atoms with Gasteiger partial charge in [-0.15, -0.1) is 0 Å². The van der Waals surface area contributed by atoms with Crippen molar-refractivity contribution < 1.29 is 4.79 Å². The number of carbonyl (C=O) groups is 1. The van der Waals surface area contributed by atoms with Crippen molar-refractivity contribution in [2.45, 2.75) is 38.3 Å². The van der Waals surface area contributed by atoms with Gasteiger partial charge in [0.2, 0.25) is 5.91 Å². The average molecular weight is 467 g/mol. The van der Waals surface area contributed by atoms with Crippen molar-refractivity contribution in [3.63, 3.8) is 0 Å². The summed E-state index contributed by atoms with van der Waals surface area (Å²) in [4.78, 5) is 20.8. The van der Waals surface area contributed by atoms with E-state index in [2.05, 4.69) is 22.1 Å². The Hall–Kier alpha value is -2.63. The van der Waals surface area contributed by atoms with Gasteiger partial charge in [-0.25, -0.2) is 9.67 Å². The highest BCUT2D eigenvalue weighted by Gasteiger charge is 2.42. The van der Waals surface area contributed by atoms with Gasteiger partial charge < -0.3 is 4.90 Å². The molecular weight excluding hydrogens is 443 g/mol. The molecule has 3 heterocycles. The van der Waals surface area contributed by atoms with Crippen molar-refractivity contribution in [2.75, 3.05) is 6.54 Å². The molecule has 1 saturated heterocycles. The summed E-state index contributed by atoms with van der Waals surface area (Å²) in [5, 5.41) is 5.46. The highest BCUT2D eigenvalue weighted by molar-refractivity contribution is 6.42. The lowest BCUT2D eigenvalue weighted by Gasteiger charge is -2.35. The molecule has 0 spiro atoms. The standard InChI is InChI=1S/C25H24Cl2N4O/c1-16-23(25(32)30-13-5-8-19(30)14-17-6-3-2-4-7-17)24(31-22(29-16)11-12-28-31)18-9-10-20(26)21(27)15-18/h2-4,6-7,9-12,15,19,23-24H,5,8,13-14H2,1H3/t19-,23?,24?/m0/s1. The minimum atomic E-state index is -0.448. The number of halogens is 2. The van der Waals surface area contributed by atoms with Crippen LogP contribution in [-0.4, -0.2) is 38.9 Å². The summed E-state index contributed by atoms with van der Waals surface area (Å²) in [6, 6.07) is 17.6. The molecule has 1 fully saturated rings. The fourth-order valence-electron chi connectivity index (χ4n) is 4.98. The van der Waals surface area contributed by atoms with Crippen LogP contribution in [0.4, 0.5) is 5.82 Å². The molecule has 164 valence electrons. The van der Waals surface area contributed by atoms with Crippen molar-refractivity contribution in [3.05, 3.63) is 82.0 Å². The summed E-state index contributed by atoms with van der Waals surface area (Å²) in [6.45, 7) is 2.70. The van der Waals surface area contributed by atoms with E-state index in [1.807, 2.05) is 48.0 Å². The second kappa shape index (κ2) is 8.72. The first-order valence-electron chi connectivity index (χ1n) is 10.9. The Morgan fingerprint density at radius 2 is 1.91 bits per heavy atom. The number of fused-ring (bicyclic) bond motifs is 1. The predicted octanol–water partition coefficient (Wildman–Crippen LogP) is 5.74. The van der Waals surface area contributed by atoms with E-state index in [-0.39, 0.29) is 18.0 Å². The summed E-state index contributed by atoms with van der Waals surface area (Å²) >= 11 is 12.5. The maximum absolute atomic E-state index is 14.0. The van der Waals surface area contributed by atoms with Crippen LogP contribution in [0.5, 0.6) is 0 Å². The van der Waals surface area contributed by atoms with Crippen molar-refractivity contribution in [1.29, 1.82) is 0 Å². The van der Waals surface area contributed by atoms with Crippen molar-refractivity contribution in [3.8, 4) is 0 Å². The maximum Gasteiger partial charge on any atom is 0.234 e. The third-order valence-corrected chi connectivity index (χ3v) is 7.23. The van der Waals surface area contributed by atoms with Gasteiger partial charge in [-0.1, -0.05) is 59.6 Å². The molecule has 0 bridgehead atoms. The SMILES string of the molecule is CC1=Nc2ccnn2C(c2ccc(Cl)c(Cl)c2)C1C(=O)N1CCC[C@H]1Cc1ccccc1. The molecule has 2 unspecified atom stereocenters. The summed E-state index contributed by atoms with van der Waals surface area (Å²) in [5.74, 6) is 0.391. The summed E-state index contributed by atoms with van der Waals surface area (Å²) in [7, 11) is 0. The number of carbonyl (C=O) groups excluding carboxylic acids is 1. The number of aromatic nitrogens is 2. The molecule has 5 rings (SSSR count). The zero-order valence-electron chi connectivity index (χ0n) is 17.8. The summed E-state index contributed by atoms with van der Waals surface area (Å²) in [6.07, 6.45) is 4.60. The van der Waals surface area contributed by atoms with Gasteiger partial charge >= 0.3 is 0 Å². The minimum Gasteiger partial charge on any atom is -0.339 e. The van der Waals surface area contributed by atoms with Gasteiger partial charge in [0.25, 0.3) is 0 Å². The van der Waals surface area contributed by atoms with Crippen LogP contribution in [0.15, 0.2) is 65.8 Å². The van der Waals surface area contributed by atoms with Gasteiger partial charge in [-0.2, -0.15) is 5.10 Å². The molecule has 0 N–H and O–H groups in total. The minimum absolute atomic E-state index is 0.0990. The van der Waals surface area contributed by atoms with Crippen LogP contribution in [0.25, 0.3) is 0 Å². The Bertz CT molecular complexity index is 1170. The Kier molecular flexibility index (Phi) is 5.78. The van der Waals surface area contributed by atoms with Crippen molar-refractivity contribution >= 4 is 40.6 Å². The summed E-state index contributed by atoms with van der Waals surface area (Å²) in [5.41, 5.74) is 2.95. The smallest absolute Gasteiger partial charge is 0.234 e. The molecule has 7 heteroatoms. The number of hydrogen-bond acceptors (Lipinski definition) is 3. The van der Waals surface area contributed by atoms with Crippen LogP contribution in [0.3, 0.4) is 0 Å². The zero-order valence-corrected chi connectivity index (χ0v) is 19.3. The molecule has 3 atom stereocenters. The molecule has 2 aliphatic rings. The van der Waals surface area contributed by atoms with Crippen LogP contribution < -0.4 is 0 Å². The largest absolute Gasteiger partial charge is 0.339 e. The van der Waals surface area contributed by atoms with Crippen LogP contribution in [0.1, 0.15) is 36.9 Å². The first-order valence-corrected chi connectivity index (χ1v) is 11.7. The third kappa shape index (κ3) is 3.84. The normalized spacial score (nSPS) is 22.5. The van der Waals surface area contributed by atoms with Gasteiger partial charge in [0.15, 0.2) is 5.82 Å². The van der Waals surface area contributed by atoms with Gasteiger partial charge in [0, 0.05) is 24.4 Å². The molecule has 5 nitrogen and oxygen atoms in total. The lowest BCUT2D eigenvalue weighted by atomic mass is 9.86. The second-order valence-corrected chi connectivity index (χ2v) is 9.32. The summed E-state index contributed by atoms with van der Waals surface area (Å²) < 4.78 is 1.83. The Morgan fingerprint density at radius 1 is 1.09 bits per heavy atom. The Balaban J connectivity index is 1.51. The number of nitrogens with zero attached hydrogens (tertiary/aromatic N) is 4. The van der Waals surface area contributed by atoms with Crippen LogP contribution >= 0.6 is 23.2 Å². The number of likely N-dealkylation sites (tertiary alicyclic amines) is 1. The van der Waals surface area contributed by atoms with E-state index in [0.29, 0.717) is 10.0 Å². The molecule has 1 amide bonds. The predicted molar refractivity (Wildman–Crippen MR) is 128 cm³/mol. The molecule has 0 aliphatic carbocycles. The van der Waals surface area contributed by atoms with Gasteiger partial charge in [-0.05, 0) is 49.4 Å². The van der Waals surface area contributed by atoms with E-state index >= 15 is 0 Å². The number of amides is 1. The van der Waals surface area contributed by atoms with E-state index < -0.39 is 5.92 Å². The topological polar surface area (TPSA) is 50.5 Å². The lowest BCUT2D eigenvalue weighted by molar-refractivity contribution is -0.135. The monoisotopic (exact) mass is 466 g/mol. The van der Waals surface area contributed by atoms with E-state index in [9.17, 15) is 4.79 Å². The van der Waals surface area contributed by atoms with Crippen LogP contribution in [0.2, 0.25) is 10.0 Å². The fourth-order valence-corrected chi connectivity index (χ4v) is 5.28. The van der Waals surface area contributed by atoms with Gasteiger partial charge in [0.05, 0.1) is 22.3 Å². The number of rotatable bonds is 4. The average Bonchev–Trinajstić information content (AvgIpc) is 3.44. The maximum atomic E-state index is 14.0. The molecule has 2 aliphatic heterocycles. The first kappa shape index (κ1) is 21.2. The third-order valence-electron chi connectivity index (χ3n) is 6.50. The number of aliphatic imine (C=N–C) groups is 1. The zero-order chi connectivity index (χ0) is 22.2. The molecule has 0 saturated carbocycles. The second-order valence-electron chi connectivity index (χ2n) is 8.50. The van der Waals surface area contributed by atoms with Crippen molar-refractivity contribution in [2.24, 2.45) is 10.9 Å². The van der Waals surface area contributed by atoms with Crippen LogP contribution in [-0.2, 0) is 11.2 Å². The van der Waals surface area contributed by atoms with Gasteiger partial charge in [0.1, 0.15) is 5.92 Å². The number of benzene rings is 2. The molecular formula is C25H24Cl2N4O. The Labute approximate surface area is 197 Å². The fraction of sp³-hybridized carbons (Fsp3) is 0.320. The first-order chi connectivity index (χ1) is 15.5. The molecule has 32 heavy (non-hydrogen) atoms. The highest BCUT2D eigenvalue weighted by Crippen LogP contribution is 2.39. The lowest BCUT2D eigenvalue weighted by Crippen LogP contribution is -2.47. The van der Waals surface area contributed by atoms with E-state index in [1.54, 1.807) is 12.3 Å². The molecule has 2 aromatic carbocycles. The van der Waals surface area contributed by atoms with Crippen LogP contribution in [0, 0.1) is 5.92 Å². The quantitative estimate of drug-likeness (QED) is 0.492. The Morgan fingerprint density at radius 3 is 2.69 bits per heavy atom. The number of hydrogen-bond donors (Lipinski definition) is 0. The van der Waals surface area contributed by atoms with E-state index in [0.717, 1.165) is 42.9 Å². The molecule has 3 aromatic rings. The van der Waals surface area contributed by atoms with E-state index in [4.69, 9.17) is 28.2 Å². The molecule has 0 radical (unpaired) electrons. The van der Waals surface area contributed by atoms with E-state index in [1.165, 1.54) is 5.56 Å². The molecule has 1 aromatic heterocycles. The van der Waals surface area contributed by atoms with Gasteiger partial charge in [-0.3, -0.25) is 4.79 Å². The highest BCUT2D eigenvalue weighted by atomic mass is 35.5. The van der Waals surface area contributed by atoms with Crippen molar-refractivity contribution in [1.82, 2.24) is 14.7 Å².